The first kappa shape index (κ1) is 14.0. The summed E-state index contributed by atoms with van der Waals surface area (Å²) in [6.07, 6.45) is 1.89. The van der Waals surface area contributed by atoms with Crippen molar-refractivity contribution in [1.82, 2.24) is 4.98 Å². The Kier molecular flexibility index (Phi) is 4.32. The number of carboxylic acids is 1. The number of nitrogens with one attached hydrogen (secondary N) is 1. The van der Waals surface area contributed by atoms with Crippen LogP contribution in [0.1, 0.15) is 5.69 Å². The molecule has 0 fully saturated rings. The van der Waals surface area contributed by atoms with Gasteiger partial charge >= 0.3 is 11.7 Å². The van der Waals surface area contributed by atoms with Crippen molar-refractivity contribution >= 4 is 27.9 Å². The molecule has 0 radical (unpaired) electrons. The summed E-state index contributed by atoms with van der Waals surface area (Å²) in [6.45, 7) is 0. The second-order valence-electron chi connectivity index (χ2n) is 3.03. The monoisotopic (exact) mass is 278 g/mol. The molecule has 0 spiro atoms. The molecule has 0 bridgehead atoms. The van der Waals surface area contributed by atoms with Crippen molar-refractivity contribution in [2.75, 3.05) is 4.72 Å². The molecule has 1 rings (SSSR count). The first-order valence-corrected chi connectivity index (χ1v) is 6.04. The molecule has 1 heterocycles. The van der Waals surface area contributed by atoms with Crippen LogP contribution in [0.25, 0.3) is 6.08 Å². The van der Waals surface area contributed by atoms with Crippen molar-refractivity contribution in [2.24, 2.45) is 0 Å². The summed E-state index contributed by atoms with van der Waals surface area (Å²) in [7, 11) is -4.79. The maximum Gasteiger partial charge on any atom is 0.355 e. The number of alkyl halides is 2. The molecule has 1 aromatic heterocycles. The minimum absolute atomic E-state index is 0.117. The lowest BCUT2D eigenvalue weighted by molar-refractivity contribution is -0.131. The van der Waals surface area contributed by atoms with Gasteiger partial charge in [-0.2, -0.15) is 8.78 Å². The van der Waals surface area contributed by atoms with Gasteiger partial charge in [-0.3, -0.25) is 4.72 Å². The van der Waals surface area contributed by atoms with E-state index in [1.165, 1.54) is 12.1 Å². The molecular weight excluding hydrogens is 270 g/mol. The fourth-order valence-corrected chi connectivity index (χ4v) is 1.44. The molecular formula is C9H8F2N2O4S. The summed E-state index contributed by atoms with van der Waals surface area (Å²) in [5.41, 5.74) is 0.117. The quantitative estimate of drug-likeness (QED) is 0.787. The normalized spacial score (nSPS) is 11.9. The molecule has 0 aliphatic heterocycles. The molecule has 6 nitrogen and oxygen atoms in total. The van der Waals surface area contributed by atoms with E-state index in [4.69, 9.17) is 5.11 Å². The number of carbonyl (C=O) groups is 1. The van der Waals surface area contributed by atoms with Crippen molar-refractivity contribution in [3.8, 4) is 0 Å². The highest BCUT2D eigenvalue weighted by Gasteiger charge is 2.24. The van der Waals surface area contributed by atoms with Crippen LogP contribution in [-0.2, 0) is 14.8 Å². The molecule has 0 amide bonds. The van der Waals surface area contributed by atoms with Gasteiger partial charge in [0.15, 0.2) is 0 Å². The number of halogens is 2. The van der Waals surface area contributed by atoms with Gasteiger partial charge < -0.3 is 5.11 Å². The van der Waals surface area contributed by atoms with Crippen LogP contribution in [0.3, 0.4) is 0 Å². The highest BCUT2D eigenvalue weighted by atomic mass is 32.2. The van der Waals surface area contributed by atoms with E-state index in [9.17, 15) is 22.0 Å². The Morgan fingerprint density at radius 2 is 2.11 bits per heavy atom. The molecule has 0 saturated heterocycles. The molecule has 0 aromatic carbocycles. The van der Waals surface area contributed by atoms with E-state index in [-0.39, 0.29) is 11.5 Å². The Morgan fingerprint density at radius 3 is 2.67 bits per heavy atom. The lowest BCUT2D eigenvalue weighted by Gasteiger charge is -2.06. The minimum atomic E-state index is -4.79. The molecule has 98 valence electrons. The molecule has 0 saturated carbocycles. The third-order valence-corrected chi connectivity index (χ3v) is 2.61. The van der Waals surface area contributed by atoms with Crippen molar-refractivity contribution in [1.29, 1.82) is 0 Å². The van der Waals surface area contributed by atoms with E-state index in [2.05, 4.69) is 4.98 Å². The van der Waals surface area contributed by atoms with Crippen LogP contribution in [0.15, 0.2) is 24.3 Å². The molecule has 0 atom stereocenters. The van der Waals surface area contributed by atoms with Crippen LogP contribution in [0, 0.1) is 0 Å². The number of nitrogens with zero attached hydrogens (tertiary/aromatic N) is 1. The first-order chi connectivity index (χ1) is 8.31. The molecule has 18 heavy (non-hydrogen) atoms. The zero-order valence-electron chi connectivity index (χ0n) is 8.75. The fraction of sp³-hybridized carbons (Fsp3) is 0.111. The van der Waals surface area contributed by atoms with E-state index in [1.54, 1.807) is 4.72 Å². The lowest BCUT2D eigenvalue weighted by atomic mass is 10.3. The SMILES string of the molecule is O=C(O)/C=C/c1cccc(NS(=O)(=O)C(F)F)n1. The standard InChI is InChI=1S/C9H8F2N2O4S/c10-9(11)18(16,17)13-7-3-1-2-6(12-7)4-5-8(14)15/h1-5,9H,(H,12,13)(H,14,15)/b5-4+. The second kappa shape index (κ2) is 5.54. The average molecular weight is 278 g/mol. The van der Waals surface area contributed by atoms with E-state index in [1.807, 2.05) is 0 Å². The van der Waals surface area contributed by atoms with E-state index in [0.29, 0.717) is 0 Å². The van der Waals surface area contributed by atoms with Crippen molar-refractivity contribution in [2.45, 2.75) is 5.76 Å². The fourth-order valence-electron chi connectivity index (χ4n) is 0.948. The maximum absolute atomic E-state index is 12.1. The number of hydrogen-bond donors (Lipinski definition) is 2. The Labute approximate surface area is 101 Å². The second-order valence-corrected chi connectivity index (χ2v) is 4.68. The van der Waals surface area contributed by atoms with E-state index in [0.717, 1.165) is 18.2 Å². The number of carboxylic acid groups (broad SMARTS) is 1. The van der Waals surface area contributed by atoms with Gasteiger partial charge in [0.2, 0.25) is 0 Å². The Balaban J connectivity index is 2.93. The number of rotatable bonds is 5. The highest BCUT2D eigenvalue weighted by molar-refractivity contribution is 7.92. The summed E-state index contributed by atoms with van der Waals surface area (Å²) < 4.78 is 47.5. The highest BCUT2D eigenvalue weighted by Crippen LogP contribution is 2.12. The Bertz CT molecular complexity index is 572. The zero-order valence-corrected chi connectivity index (χ0v) is 9.56. The number of hydrogen-bond acceptors (Lipinski definition) is 4. The molecule has 1 aromatic rings. The minimum Gasteiger partial charge on any atom is -0.478 e. The average Bonchev–Trinajstić information content (AvgIpc) is 2.26. The molecule has 0 unspecified atom stereocenters. The van der Waals surface area contributed by atoms with Gasteiger partial charge in [0.1, 0.15) is 5.82 Å². The number of anilines is 1. The smallest absolute Gasteiger partial charge is 0.355 e. The first-order valence-electron chi connectivity index (χ1n) is 4.49. The van der Waals surface area contributed by atoms with E-state index < -0.39 is 21.8 Å². The third-order valence-electron chi connectivity index (χ3n) is 1.65. The molecule has 0 aliphatic carbocycles. The number of aromatic nitrogens is 1. The Morgan fingerprint density at radius 1 is 1.44 bits per heavy atom. The van der Waals surface area contributed by atoms with Gasteiger partial charge in [-0.1, -0.05) is 6.07 Å². The summed E-state index contributed by atoms with van der Waals surface area (Å²) in [4.78, 5) is 13.9. The Hall–Kier alpha value is -2.03. The number of aliphatic carboxylic acids is 1. The molecule has 2 N–H and O–H groups in total. The van der Waals surface area contributed by atoms with Crippen LogP contribution in [0.5, 0.6) is 0 Å². The van der Waals surface area contributed by atoms with E-state index >= 15 is 0 Å². The van der Waals surface area contributed by atoms with Crippen molar-refractivity contribution in [3.05, 3.63) is 30.0 Å². The van der Waals surface area contributed by atoms with Crippen molar-refractivity contribution in [3.63, 3.8) is 0 Å². The van der Waals surface area contributed by atoms with Crippen LogP contribution in [0.4, 0.5) is 14.6 Å². The molecule has 9 heteroatoms. The van der Waals surface area contributed by atoms with Crippen molar-refractivity contribution < 1.29 is 27.1 Å². The maximum atomic E-state index is 12.1. The van der Waals surface area contributed by atoms with Gasteiger partial charge in [0.25, 0.3) is 10.0 Å². The largest absolute Gasteiger partial charge is 0.478 e. The van der Waals surface area contributed by atoms with Gasteiger partial charge in [-0.25, -0.2) is 18.2 Å². The van der Waals surface area contributed by atoms with Crippen LogP contribution >= 0.6 is 0 Å². The van der Waals surface area contributed by atoms with Gasteiger partial charge in [-0.05, 0) is 18.2 Å². The van der Waals surface area contributed by atoms with Crippen LogP contribution < -0.4 is 4.72 Å². The van der Waals surface area contributed by atoms with Gasteiger partial charge in [-0.15, -0.1) is 0 Å². The third kappa shape index (κ3) is 4.09. The summed E-state index contributed by atoms with van der Waals surface area (Å²) in [5, 5.41) is 8.38. The summed E-state index contributed by atoms with van der Waals surface area (Å²) >= 11 is 0. The van der Waals surface area contributed by atoms with Gasteiger partial charge in [0.05, 0.1) is 5.69 Å². The predicted octanol–water partition coefficient (Wildman–Crippen LogP) is 1.14. The van der Waals surface area contributed by atoms with Crippen LogP contribution in [0.2, 0.25) is 0 Å². The zero-order chi connectivity index (χ0) is 13.8. The predicted molar refractivity (Wildman–Crippen MR) is 59.5 cm³/mol. The summed E-state index contributed by atoms with van der Waals surface area (Å²) in [6, 6.07) is 3.90. The number of pyridine rings is 1. The lowest BCUT2D eigenvalue weighted by Crippen LogP contribution is -2.21. The number of sulfonamides is 1. The molecule has 0 aliphatic rings. The van der Waals surface area contributed by atoms with Crippen LogP contribution in [-0.4, -0.2) is 30.2 Å². The topological polar surface area (TPSA) is 96.4 Å². The summed E-state index contributed by atoms with van der Waals surface area (Å²) in [5.74, 6) is -5.10. The van der Waals surface area contributed by atoms with Gasteiger partial charge in [0, 0.05) is 6.08 Å².